The van der Waals surface area contributed by atoms with Crippen LogP contribution in [0.5, 0.6) is 0 Å². The van der Waals surface area contributed by atoms with Gasteiger partial charge in [-0.15, -0.1) is 0 Å². The van der Waals surface area contributed by atoms with Crippen LogP contribution in [-0.2, 0) is 15.0 Å². The lowest BCUT2D eigenvalue weighted by molar-refractivity contribution is -0.127. The van der Waals surface area contributed by atoms with Crippen LogP contribution in [0.4, 0.5) is 11.4 Å². The molecular formula is C25H31N3O3. The van der Waals surface area contributed by atoms with Gasteiger partial charge in [-0.25, -0.2) is 0 Å². The number of anilines is 2. The molecule has 1 aliphatic rings. The highest BCUT2D eigenvalue weighted by Crippen LogP contribution is 2.25. The monoisotopic (exact) mass is 421 g/mol. The topological polar surface area (TPSA) is 87.3 Å². The molecule has 3 rings (SSSR count). The summed E-state index contributed by atoms with van der Waals surface area (Å²) in [7, 11) is 0. The second-order valence-corrected chi connectivity index (χ2v) is 9.07. The van der Waals surface area contributed by atoms with Crippen LogP contribution in [0.1, 0.15) is 62.4 Å². The van der Waals surface area contributed by atoms with Crippen LogP contribution >= 0.6 is 0 Å². The summed E-state index contributed by atoms with van der Waals surface area (Å²) in [6.45, 7) is 6.28. The normalized spacial score (nSPS) is 14.2. The molecule has 3 N–H and O–H groups in total. The average Bonchev–Trinajstić information content (AvgIpc) is 3.28. The van der Waals surface area contributed by atoms with E-state index in [4.69, 9.17) is 0 Å². The molecule has 2 aromatic rings. The van der Waals surface area contributed by atoms with Crippen molar-refractivity contribution in [3.05, 3.63) is 59.7 Å². The maximum absolute atomic E-state index is 12.7. The lowest BCUT2D eigenvalue weighted by Gasteiger charge is -2.19. The van der Waals surface area contributed by atoms with Gasteiger partial charge in [-0.05, 0) is 48.1 Å². The van der Waals surface area contributed by atoms with Crippen LogP contribution in [0, 0.1) is 5.92 Å². The van der Waals surface area contributed by atoms with E-state index < -0.39 is 0 Å². The molecule has 0 radical (unpaired) electrons. The van der Waals surface area contributed by atoms with Crippen molar-refractivity contribution in [3.63, 3.8) is 0 Å². The number of carbonyl (C=O) groups is 3. The molecule has 1 aliphatic carbocycles. The summed E-state index contributed by atoms with van der Waals surface area (Å²) in [5.74, 6) is -0.628. The number of benzene rings is 2. The molecular weight excluding hydrogens is 390 g/mol. The summed E-state index contributed by atoms with van der Waals surface area (Å²) in [6, 6.07) is 14.5. The van der Waals surface area contributed by atoms with Crippen LogP contribution in [0.2, 0.25) is 0 Å². The molecule has 2 aromatic carbocycles. The molecule has 6 heteroatoms. The third-order valence-electron chi connectivity index (χ3n) is 5.61. The predicted molar refractivity (Wildman–Crippen MR) is 123 cm³/mol. The van der Waals surface area contributed by atoms with Gasteiger partial charge in [-0.1, -0.05) is 57.9 Å². The first-order valence-electron chi connectivity index (χ1n) is 10.8. The Morgan fingerprint density at radius 2 is 1.45 bits per heavy atom. The van der Waals surface area contributed by atoms with Crippen molar-refractivity contribution in [1.82, 2.24) is 5.32 Å². The van der Waals surface area contributed by atoms with Crippen LogP contribution in [0.25, 0.3) is 0 Å². The van der Waals surface area contributed by atoms with E-state index >= 15 is 0 Å². The Kier molecular flexibility index (Phi) is 7.10. The minimum Gasteiger partial charge on any atom is -0.347 e. The van der Waals surface area contributed by atoms with Crippen molar-refractivity contribution >= 4 is 29.1 Å². The second kappa shape index (κ2) is 9.77. The Labute approximate surface area is 183 Å². The molecule has 0 unspecified atom stereocenters. The molecule has 0 atom stereocenters. The predicted octanol–water partition coefficient (Wildman–Crippen LogP) is 4.48. The molecule has 6 nitrogen and oxygen atoms in total. The fraction of sp³-hybridized carbons (Fsp3) is 0.400. The maximum Gasteiger partial charge on any atom is 0.255 e. The van der Waals surface area contributed by atoms with Gasteiger partial charge in [0, 0.05) is 11.5 Å². The molecule has 0 aromatic heterocycles. The molecule has 3 amide bonds. The lowest BCUT2D eigenvalue weighted by atomic mass is 9.87. The van der Waals surface area contributed by atoms with E-state index in [-0.39, 0.29) is 35.6 Å². The highest BCUT2D eigenvalue weighted by molar-refractivity contribution is 6.07. The zero-order valence-corrected chi connectivity index (χ0v) is 18.5. The van der Waals surface area contributed by atoms with Crippen LogP contribution in [0.15, 0.2) is 48.5 Å². The smallest absolute Gasteiger partial charge is 0.255 e. The first-order valence-corrected chi connectivity index (χ1v) is 10.8. The number of carbonyl (C=O) groups excluding carboxylic acids is 3. The van der Waals surface area contributed by atoms with Crippen molar-refractivity contribution < 1.29 is 14.4 Å². The summed E-state index contributed by atoms with van der Waals surface area (Å²) >= 11 is 0. The standard InChI is InChI=1S/C25H31N3O3/c1-25(2,3)19-14-12-18(13-15-19)24(31)28-21-11-7-6-10-20(21)27-22(29)16-26-23(30)17-8-4-5-9-17/h6-7,10-15,17H,4-5,8-9,16H2,1-3H3,(H,26,30)(H,27,29)(H,28,31). The molecule has 1 fully saturated rings. The minimum atomic E-state index is -0.331. The van der Waals surface area contributed by atoms with E-state index in [9.17, 15) is 14.4 Å². The van der Waals surface area contributed by atoms with Gasteiger partial charge >= 0.3 is 0 Å². The Hall–Kier alpha value is -3.15. The summed E-state index contributed by atoms with van der Waals surface area (Å²) in [6.07, 6.45) is 3.91. The largest absolute Gasteiger partial charge is 0.347 e. The molecule has 164 valence electrons. The van der Waals surface area contributed by atoms with Gasteiger partial charge in [0.05, 0.1) is 17.9 Å². The zero-order valence-electron chi connectivity index (χ0n) is 18.5. The van der Waals surface area contributed by atoms with E-state index in [0.29, 0.717) is 16.9 Å². The van der Waals surface area contributed by atoms with Gasteiger partial charge in [0.15, 0.2) is 0 Å². The fourth-order valence-corrected chi connectivity index (χ4v) is 3.71. The third-order valence-corrected chi connectivity index (χ3v) is 5.61. The molecule has 31 heavy (non-hydrogen) atoms. The van der Waals surface area contributed by atoms with Crippen LogP contribution < -0.4 is 16.0 Å². The van der Waals surface area contributed by atoms with Gasteiger partial charge in [-0.2, -0.15) is 0 Å². The minimum absolute atomic E-state index is 0.0130. The van der Waals surface area contributed by atoms with Crippen LogP contribution in [-0.4, -0.2) is 24.3 Å². The third kappa shape index (κ3) is 6.17. The molecule has 0 spiro atoms. The number of hydrogen-bond donors (Lipinski definition) is 3. The van der Waals surface area contributed by atoms with Gasteiger partial charge in [0.25, 0.3) is 5.91 Å². The lowest BCUT2D eigenvalue weighted by Crippen LogP contribution is -2.36. The highest BCUT2D eigenvalue weighted by Gasteiger charge is 2.23. The summed E-state index contributed by atoms with van der Waals surface area (Å²) in [5.41, 5.74) is 2.69. The number of rotatable bonds is 6. The second-order valence-electron chi connectivity index (χ2n) is 9.07. The van der Waals surface area contributed by atoms with E-state index in [1.165, 1.54) is 0 Å². The summed E-state index contributed by atoms with van der Waals surface area (Å²) < 4.78 is 0. The van der Waals surface area contributed by atoms with Crippen LogP contribution in [0.3, 0.4) is 0 Å². The quantitative estimate of drug-likeness (QED) is 0.643. The number of hydrogen-bond acceptors (Lipinski definition) is 3. The number of nitrogens with one attached hydrogen (secondary N) is 3. The van der Waals surface area contributed by atoms with Gasteiger partial charge in [0.2, 0.25) is 11.8 Å². The zero-order chi connectivity index (χ0) is 22.4. The van der Waals surface area contributed by atoms with Gasteiger partial charge in [-0.3, -0.25) is 14.4 Å². The van der Waals surface area contributed by atoms with Crippen molar-refractivity contribution in [3.8, 4) is 0 Å². The van der Waals surface area contributed by atoms with Crippen molar-refractivity contribution in [1.29, 1.82) is 0 Å². The van der Waals surface area contributed by atoms with Crippen molar-refractivity contribution in [2.24, 2.45) is 5.92 Å². The molecule has 1 saturated carbocycles. The van der Waals surface area contributed by atoms with Gasteiger partial charge in [0.1, 0.15) is 0 Å². The molecule has 0 saturated heterocycles. The highest BCUT2D eigenvalue weighted by atomic mass is 16.2. The Bertz CT molecular complexity index is 939. The Morgan fingerprint density at radius 1 is 0.871 bits per heavy atom. The van der Waals surface area contributed by atoms with Crippen molar-refractivity contribution in [2.75, 3.05) is 17.2 Å². The SMILES string of the molecule is CC(C)(C)c1ccc(C(=O)Nc2ccccc2NC(=O)CNC(=O)C2CCCC2)cc1. The summed E-state index contributed by atoms with van der Waals surface area (Å²) in [5, 5.41) is 8.34. The number of para-hydroxylation sites is 2. The van der Waals surface area contributed by atoms with Crippen molar-refractivity contribution in [2.45, 2.75) is 51.9 Å². The van der Waals surface area contributed by atoms with E-state index in [1.54, 1.807) is 36.4 Å². The van der Waals surface area contributed by atoms with E-state index in [2.05, 4.69) is 36.7 Å². The first kappa shape index (κ1) is 22.5. The molecule has 0 bridgehead atoms. The molecule has 0 heterocycles. The first-order chi connectivity index (χ1) is 14.7. The van der Waals surface area contributed by atoms with E-state index in [1.807, 2.05) is 12.1 Å². The van der Waals surface area contributed by atoms with Gasteiger partial charge < -0.3 is 16.0 Å². The fourth-order valence-electron chi connectivity index (χ4n) is 3.71. The van der Waals surface area contributed by atoms with E-state index in [0.717, 1.165) is 31.2 Å². The summed E-state index contributed by atoms with van der Waals surface area (Å²) in [4.78, 5) is 37.1. The number of amides is 3. The Morgan fingerprint density at radius 3 is 2.03 bits per heavy atom. The Balaban J connectivity index is 1.60. The average molecular weight is 422 g/mol. The molecule has 0 aliphatic heterocycles. The maximum atomic E-state index is 12.7.